The summed E-state index contributed by atoms with van der Waals surface area (Å²) in [5.74, 6) is 1.55. The summed E-state index contributed by atoms with van der Waals surface area (Å²) in [7, 11) is 0. The Kier molecular flexibility index (Phi) is 4.65. The van der Waals surface area contributed by atoms with E-state index in [0.717, 1.165) is 6.54 Å². The van der Waals surface area contributed by atoms with Crippen LogP contribution in [0.1, 0.15) is 12.8 Å². The van der Waals surface area contributed by atoms with Gasteiger partial charge in [0.2, 0.25) is 0 Å². The van der Waals surface area contributed by atoms with Crippen LogP contribution in [0.5, 0.6) is 5.75 Å². The molecular formula is C18H18BrClFN3O2S. The monoisotopic (exact) mass is 473 g/mol. The molecule has 5 rings (SSSR count). The Hall–Kier alpha value is -0.830. The van der Waals surface area contributed by atoms with Gasteiger partial charge in [0.25, 0.3) is 0 Å². The average Bonchev–Trinajstić information content (AvgIpc) is 3.39. The Balaban J connectivity index is 1.81. The third-order valence-corrected chi connectivity index (χ3v) is 7.38. The van der Waals surface area contributed by atoms with Gasteiger partial charge in [0.1, 0.15) is 16.4 Å². The van der Waals surface area contributed by atoms with E-state index in [4.69, 9.17) is 26.1 Å². The lowest BCUT2D eigenvalue weighted by Crippen LogP contribution is -2.45. The van der Waals surface area contributed by atoms with Gasteiger partial charge >= 0.3 is 0 Å². The Bertz CT molecular complexity index is 930. The number of benzene rings is 1. The minimum absolute atomic E-state index is 0.164. The van der Waals surface area contributed by atoms with Crippen LogP contribution in [0, 0.1) is 17.7 Å². The van der Waals surface area contributed by atoms with E-state index in [2.05, 4.69) is 25.8 Å². The van der Waals surface area contributed by atoms with Crippen LogP contribution in [0.4, 0.5) is 10.2 Å². The van der Waals surface area contributed by atoms with Gasteiger partial charge in [0.05, 0.1) is 35.7 Å². The van der Waals surface area contributed by atoms with Crippen LogP contribution in [0.15, 0.2) is 9.63 Å². The molecule has 144 valence electrons. The van der Waals surface area contributed by atoms with Crippen LogP contribution in [0.25, 0.3) is 10.9 Å². The predicted octanol–water partition coefficient (Wildman–Crippen LogP) is 4.53. The van der Waals surface area contributed by atoms with Gasteiger partial charge in [-0.3, -0.25) is 0 Å². The average molecular weight is 475 g/mol. The second kappa shape index (κ2) is 6.90. The van der Waals surface area contributed by atoms with Crippen molar-refractivity contribution < 1.29 is 13.9 Å². The van der Waals surface area contributed by atoms with Gasteiger partial charge in [-0.1, -0.05) is 23.4 Å². The van der Waals surface area contributed by atoms with Crippen LogP contribution in [0.3, 0.4) is 0 Å². The SMILES string of the molecule is CSc1nc2c3c(c(Cl)c(Br)c(F)c3n1)OCC1COCC1N2CC1CC1. The molecule has 3 aliphatic rings. The molecule has 1 saturated heterocycles. The molecule has 0 spiro atoms. The highest BCUT2D eigenvalue weighted by atomic mass is 79.9. The molecule has 1 aromatic heterocycles. The van der Waals surface area contributed by atoms with E-state index in [1.807, 2.05) is 6.26 Å². The molecule has 1 aromatic carbocycles. The van der Waals surface area contributed by atoms with Crippen LogP contribution in [-0.2, 0) is 4.74 Å². The van der Waals surface area contributed by atoms with Crippen molar-refractivity contribution in [2.75, 3.05) is 37.5 Å². The van der Waals surface area contributed by atoms with Crippen molar-refractivity contribution in [1.29, 1.82) is 0 Å². The second-order valence-electron chi connectivity index (χ2n) is 7.30. The largest absolute Gasteiger partial charge is 0.491 e. The third-order valence-electron chi connectivity index (χ3n) is 5.50. The fraction of sp³-hybridized carbons (Fsp3) is 0.556. The molecule has 2 unspecified atom stereocenters. The van der Waals surface area contributed by atoms with Crippen LogP contribution >= 0.6 is 39.3 Å². The lowest BCUT2D eigenvalue weighted by molar-refractivity contribution is 0.167. The van der Waals surface area contributed by atoms with Crippen molar-refractivity contribution >= 4 is 56.0 Å². The van der Waals surface area contributed by atoms with Crippen molar-refractivity contribution in [3.63, 3.8) is 0 Å². The number of hydrogen-bond donors (Lipinski definition) is 0. The minimum atomic E-state index is -0.479. The number of anilines is 1. The maximum absolute atomic E-state index is 15.1. The van der Waals surface area contributed by atoms with Gasteiger partial charge in [-0.05, 0) is 40.9 Å². The molecule has 5 nitrogen and oxygen atoms in total. The molecule has 3 heterocycles. The summed E-state index contributed by atoms with van der Waals surface area (Å²) in [6, 6.07) is 0.164. The van der Waals surface area contributed by atoms with Crippen molar-refractivity contribution in [2.45, 2.75) is 24.0 Å². The predicted molar refractivity (Wildman–Crippen MR) is 108 cm³/mol. The Morgan fingerprint density at radius 1 is 1.30 bits per heavy atom. The molecule has 0 N–H and O–H groups in total. The fourth-order valence-corrected chi connectivity index (χ4v) is 4.84. The first-order valence-electron chi connectivity index (χ1n) is 8.97. The zero-order chi connectivity index (χ0) is 18.7. The zero-order valence-electron chi connectivity index (χ0n) is 14.7. The summed E-state index contributed by atoms with van der Waals surface area (Å²) >= 11 is 11.1. The molecule has 27 heavy (non-hydrogen) atoms. The van der Waals surface area contributed by atoms with Gasteiger partial charge < -0.3 is 14.4 Å². The highest BCUT2D eigenvalue weighted by molar-refractivity contribution is 9.10. The second-order valence-corrected chi connectivity index (χ2v) is 9.24. The first-order chi connectivity index (χ1) is 13.1. The van der Waals surface area contributed by atoms with E-state index in [1.54, 1.807) is 0 Å². The number of fused-ring (bicyclic) bond motifs is 1. The number of aromatic nitrogens is 2. The molecule has 0 bridgehead atoms. The van der Waals surface area contributed by atoms with Gasteiger partial charge in [0.15, 0.2) is 16.7 Å². The Morgan fingerprint density at radius 2 is 2.11 bits per heavy atom. The summed E-state index contributed by atoms with van der Waals surface area (Å²) in [6.45, 7) is 2.63. The van der Waals surface area contributed by atoms with Crippen LogP contribution < -0.4 is 9.64 Å². The summed E-state index contributed by atoms with van der Waals surface area (Å²) in [5.41, 5.74) is 0.244. The molecular weight excluding hydrogens is 457 g/mol. The quantitative estimate of drug-likeness (QED) is 0.370. The molecule has 2 fully saturated rings. The normalized spacial score (nSPS) is 24.5. The molecule has 1 aliphatic carbocycles. The summed E-state index contributed by atoms with van der Waals surface area (Å²) < 4.78 is 27.1. The first-order valence-corrected chi connectivity index (χ1v) is 11.4. The molecule has 0 amide bonds. The van der Waals surface area contributed by atoms with E-state index in [-0.39, 0.29) is 27.0 Å². The lowest BCUT2D eigenvalue weighted by atomic mass is 10.0. The number of ether oxygens (including phenoxy) is 2. The van der Waals surface area contributed by atoms with Gasteiger partial charge in [-0.15, -0.1) is 0 Å². The fourth-order valence-electron chi connectivity index (χ4n) is 3.88. The number of hydrogen-bond acceptors (Lipinski definition) is 6. The summed E-state index contributed by atoms with van der Waals surface area (Å²) in [6.07, 6.45) is 4.33. The van der Waals surface area contributed by atoms with Crippen molar-refractivity contribution in [3.05, 3.63) is 15.3 Å². The van der Waals surface area contributed by atoms with Crippen LogP contribution in [-0.4, -0.2) is 48.6 Å². The van der Waals surface area contributed by atoms with Crippen LogP contribution in [0.2, 0.25) is 5.02 Å². The van der Waals surface area contributed by atoms with Crippen molar-refractivity contribution in [1.82, 2.24) is 9.97 Å². The highest BCUT2D eigenvalue weighted by Gasteiger charge is 2.41. The Morgan fingerprint density at radius 3 is 2.85 bits per heavy atom. The topological polar surface area (TPSA) is 47.5 Å². The molecule has 9 heteroatoms. The molecule has 2 aliphatic heterocycles. The maximum Gasteiger partial charge on any atom is 0.189 e. The number of halogens is 3. The van der Waals surface area contributed by atoms with E-state index in [0.29, 0.717) is 47.8 Å². The molecule has 2 atom stereocenters. The standard InChI is InChI=1S/C18H18BrClFN3O2S/c1-27-18-22-15-11-16(13(20)12(19)14(15)21)26-6-9-5-25-7-10(9)24(17(11)23-18)4-8-2-3-8/h8-10H,2-7H2,1H3. The molecule has 0 radical (unpaired) electrons. The van der Waals surface area contributed by atoms with Crippen molar-refractivity contribution in [3.8, 4) is 5.75 Å². The van der Waals surface area contributed by atoms with Crippen molar-refractivity contribution in [2.24, 2.45) is 11.8 Å². The minimum Gasteiger partial charge on any atom is -0.491 e. The van der Waals surface area contributed by atoms with Gasteiger partial charge in [-0.2, -0.15) is 0 Å². The molecule has 1 saturated carbocycles. The maximum atomic E-state index is 15.1. The van der Waals surface area contributed by atoms with E-state index in [1.165, 1.54) is 24.6 Å². The van der Waals surface area contributed by atoms with E-state index in [9.17, 15) is 0 Å². The zero-order valence-corrected chi connectivity index (χ0v) is 17.8. The summed E-state index contributed by atoms with van der Waals surface area (Å²) in [4.78, 5) is 11.5. The number of nitrogens with zero attached hydrogens (tertiary/aromatic N) is 3. The smallest absolute Gasteiger partial charge is 0.189 e. The van der Waals surface area contributed by atoms with E-state index < -0.39 is 5.82 Å². The van der Waals surface area contributed by atoms with Gasteiger partial charge in [0, 0.05) is 12.5 Å². The Labute approximate surface area is 174 Å². The highest BCUT2D eigenvalue weighted by Crippen LogP contribution is 2.47. The third kappa shape index (κ3) is 2.99. The number of rotatable bonds is 3. The first kappa shape index (κ1) is 18.2. The summed E-state index contributed by atoms with van der Waals surface area (Å²) in [5, 5.41) is 1.32. The molecule has 2 aromatic rings. The van der Waals surface area contributed by atoms with Gasteiger partial charge in [-0.25, -0.2) is 14.4 Å². The van der Waals surface area contributed by atoms with E-state index >= 15 is 4.39 Å². The lowest BCUT2D eigenvalue weighted by Gasteiger charge is -2.36. The number of thioether (sulfide) groups is 1.